The Balaban J connectivity index is 0.000000153. The minimum absolute atomic E-state index is 0. The van der Waals surface area contributed by atoms with Gasteiger partial charge in [0.2, 0.25) is 17.8 Å². The van der Waals surface area contributed by atoms with Crippen LogP contribution in [-0.4, -0.2) is 110 Å². The average Bonchev–Trinajstić information content (AvgIpc) is 0.838. The van der Waals surface area contributed by atoms with Gasteiger partial charge in [0, 0.05) is 102 Å². The van der Waals surface area contributed by atoms with Crippen LogP contribution < -0.4 is 29.5 Å². The summed E-state index contributed by atoms with van der Waals surface area (Å²) in [6.45, 7) is 16.8. The normalized spacial score (nSPS) is 18.3. The molecule has 3 aromatic heterocycles. The van der Waals surface area contributed by atoms with Crippen molar-refractivity contribution in [3.8, 4) is 28.7 Å². The number of nitrogens with zero attached hydrogens (tertiary/aromatic N) is 9. The van der Waals surface area contributed by atoms with Gasteiger partial charge in [0.25, 0.3) is 0 Å². The predicted molar refractivity (Wildman–Crippen MR) is 486 cm³/mol. The number of aromatic nitrogens is 6. The zero-order chi connectivity index (χ0) is 81.1. The zero-order valence-corrected chi connectivity index (χ0v) is 73.8. The summed E-state index contributed by atoms with van der Waals surface area (Å²) in [4.78, 5) is 33.6. The second kappa shape index (κ2) is 50.2. The number of ether oxygens (including phenoxy) is 2. The van der Waals surface area contributed by atoms with Crippen molar-refractivity contribution in [1.29, 1.82) is 0 Å². The van der Waals surface area contributed by atoms with Crippen LogP contribution in [0.3, 0.4) is 0 Å². The van der Waals surface area contributed by atoms with Crippen molar-refractivity contribution in [2.75, 3.05) is 67.1 Å². The van der Waals surface area contributed by atoms with Gasteiger partial charge in [0.1, 0.15) is 41.0 Å². The number of phenolic OH excluding ortho intramolecular Hbond substituents is 3. The lowest BCUT2D eigenvalue weighted by Crippen LogP contribution is -2.39. The molecule has 8 aliphatic rings. The van der Waals surface area contributed by atoms with Gasteiger partial charge >= 0.3 is 0 Å². The van der Waals surface area contributed by atoms with Crippen LogP contribution in [0.1, 0.15) is 252 Å². The first-order chi connectivity index (χ1) is 56.6. The summed E-state index contributed by atoms with van der Waals surface area (Å²) in [5, 5.41) is 33.0. The van der Waals surface area contributed by atoms with E-state index >= 15 is 0 Å². The number of nitrogens with one attached hydrogen (secondary N) is 1. The van der Waals surface area contributed by atoms with Gasteiger partial charge in [-0.05, 0) is 231 Å². The van der Waals surface area contributed by atoms with Crippen molar-refractivity contribution in [3.63, 3.8) is 0 Å². The smallest absolute Gasteiger partial charge is 0.225 e. The van der Waals surface area contributed by atoms with Gasteiger partial charge in [-0.3, -0.25) is 0 Å². The van der Waals surface area contributed by atoms with Crippen molar-refractivity contribution < 1.29 is 24.8 Å². The average molecular weight is 1680 g/mol. The van der Waals surface area contributed by atoms with Crippen LogP contribution in [-0.2, 0) is 51.4 Å². The summed E-state index contributed by atoms with van der Waals surface area (Å²) in [6, 6.07) is 33.6. The van der Waals surface area contributed by atoms with E-state index in [0.29, 0.717) is 16.5 Å². The first-order valence-corrected chi connectivity index (χ1v) is 46.1. The van der Waals surface area contributed by atoms with Gasteiger partial charge in [-0.2, -0.15) is 0 Å². The number of phenols is 3. The molecule has 5 aromatic carbocycles. The number of anilines is 3. The van der Waals surface area contributed by atoms with Crippen molar-refractivity contribution in [2.45, 2.75) is 271 Å². The second-order valence-corrected chi connectivity index (χ2v) is 35.6. The van der Waals surface area contributed by atoms with Gasteiger partial charge in [0.05, 0.1) is 15.1 Å². The number of aromatic hydroxyl groups is 3. The highest BCUT2D eigenvalue weighted by atomic mass is 35.5. The molecule has 0 spiro atoms. The molecule has 16 rings (SSSR count). The number of piperidine rings is 4. The summed E-state index contributed by atoms with van der Waals surface area (Å²) < 4.78 is 12.5. The van der Waals surface area contributed by atoms with E-state index in [1.807, 2.05) is 73.6 Å². The topological polar surface area (TPSA) is 178 Å². The van der Waals surface area contributed by atoms with Crippen molar-refractivity contribution in [3.05, 3.63) is 200 Å². The van der Waals surface area contributed by atoms with Crippen LogP contribution in [0.25, 0.3) is 0 Å². The summed E-state index contributed by atoms with van der Waals surface area (Å²) >= 11 is 19.0. The largest absolute Gasteiger partial charge is 0.508 e. The van der Waals surface area contributed by atoms with Crippen LogP contribution in [0, 0.1) is 35.5 Å². The minimum Gasteiger partial charge on any atom is -0.508 e. The minimum atomic E-state index is 0. The number of benzene rings is 5. The SMILES string of the molecule is CCc1cnc(N2CCC(C)CC2)nc1.CCc1cnc(N2CCC(Oc3ccc(CC4CCCCC4)cc3Cl)CC2)nc1.CCc1cnc(N2CCC(Oc3ccc(CC4CCCCC4)cc3Cl)CC2)nc1.Cl.Oc1ccc(CC2CCCCC2)cc1.Oc1ccc(CC2CCCCC2)cc1Cl.Oc1ccc(CC2CCNCC2)cc1. The lowest BCUT2D eigenvalue weighted by Gasteiger charge is -2.32. The molecule has 4 saturated heterocycles. The third kappa shape index (κ3) is 31.8. The summed E-state index contributed by atoms with van der Waals surface area (Å²) in [5.74, 6) is 10.1. The molecule has 4 aliphatic heterocycles. The molecule has 636 valence electrons. The van der Waals surface area contributed by atoms with Gasteiger partial charge in [0.15, 0.2) is 0 Å². The number of halogens is 4. The molecule has 8 aromatic rings. The van der Waals surface area contributed by atoms with E-state index in [1.165, 1.54) is 205 Å². The summed E-state index contributed by atoms with van der Waals surface area (Å²) in [7, 11) is 0. The molecule has 8 fully saturated rings. The number of hydrogen-bond acceptors (Lipinski definition) is 15. The summed E-state index contributed by atoms with van der Waals surface area (Å²) in [6.07, 6.45) is 57.2. The first kappa shape index (κ1) is 92.2. The molecule has 4 saturated carbocycles. The molecule has 0 amide bonds. The Hall–Kier alpha value is -7.14. The Labute approximate surface area is 722 Å². The molecular weight excluding hydrogens is 1540 g/mol. The number of aryl methyl sites for hydroxylation is 3. The maximum Gasteiger partial charge on any atom is 0.225 e. The van der Waals surface area contributed by atoms with Crippen LogP contribution in [0.5, 0.6) is 28.7 Å². The Morgan fingerprint density at radius 1 is 0.333 bits per heavy atom. The van der Waals surface area contributed by atoms with E-state index in [2.05, 4.69) is 114 Å². The molecule has 0 atom stereocenters. The molecule has 19 heteroatoms. The lowest BCUT2D eigenvalue weighted by molar-refractivity contribution is 0.170. The van der Waals surface area contributed by atoms with Gasteiger partial charge < -0.3 is 44.8 Å². The van der Waals surface area contributed by atoms with Crippen molar-refractivity contribution >= 4 is 65.1 Å². The van der Waals surface area contributed by atoms with Crippen LogP contribution in [0.4, 0.5) is 17.8 Å². The standard InChI is InChI=1S/2C24H32ClN3O.C13H17ClO.C13H18O.C12H19N3.C12H17NO.ClH/c2*1-2-18-16-26-24(27-17-18)28-12-10-21(11-13-28)29-23-9-8-20(15-22(23)25)14-19-6-4-3-5-7-19;14-12-9-11(6-7-13(12)15)8-10-4-2-1-3-5-10;14-13-8-6-12(7-9-13)10-11-4-2-1-3-5-11;1-3-11-8-13-12(14-9-11)15-6-4-10(2)5-7-15;14-12-3-1-10(2-4-12)9-11-5-7-13-8-6-11;/h2*8-9,15-17,19,21H,2-7,10-14H2,1H3;6-7,9-10,15H,1-5,8H2;6-9,11,14H,1-5,10H2;8-10H,3-7H2,1-2H3;1-4,11,13-14H,5-9H2;1H. The highest BCUT2D eigenvalue weighted by Gasteiger charge is 2.27. The highest BCUT2D eigenvalue weighted by molar-refractivity contribution is 6.32. The van der Waals surface area contributed by atoms with Crippen LogP contribution in [0.2, 0.25) is 15.1 Å². The quantitative estimate of drug-likeness (QED) is 0.0566. The maximum atomic E-state index is 9.32. The lowest BCUT2D eigenvalue weighted by atomic mass is 9.85. The van der Waals surface area contributed by atoms with Gasteiger partial charge in [-0.25, -0.2) is 29.9 Å². The summed E-state index contributed by atoms with van der Waals surface area (Å²) in [5.41, 5.74) is 10.2. The van der Waals surface area contributed by atoms with E-state index in [1.54, 1.807) is 30.3 Å². The van der Waals surface area contributed by atoms with E-state index in [-0.39, 0.29) is 30.4 Å². The Kier molecular flexibility index (Phi) is 39.5. The van der Waals surface area contributed by atoms with Gasteiger partial charge in [-0.1, -0.05) is 233 Å². The molecule has 7 heterocycles. The predicted octanol–water partition coefficient (Wildman–Crippen LogP) is 24.0. The Morgan fingerprint density at radius 2 is 0.607 bits per heavy atom. The zero-order valence-electron chi connectivity index (χ0n) is 70.7. The molecule has 0 unspecified atom stereocenters. The highest BCUT2D eigenvalue weighted by Crippen LogP contribution is 2.37. The number of hydrogen-bond donors (Lipinski definition) is 4. The molecular formula is C98H136Cl4N10O5. The molecule has 0 bridgehead atoms. The fourth-order valence-electron chi connectivity index (χ4n) is 17.8. The van der Waals surface area contributed by atoms with E-state index in [9.17, 15) is 5.11 Å². The molecule has 4 N–H and O–H groups in total. The molecule has 117 heavy (non-hydrogen) atoms. The molecule has 0 radical (unpaired) electrons. The monoisotopic (exact) mass is 1670 g/mol. The molecule has 4 aliphatic carbocycles. The fourth-order valence-corrected chi connectivity index (χ4v) is 18.5. The van der Waals surface area contributed by atoms with E-state index < -0.39 is 0 Å². The van der Waals surface area contributed by atoms with Crippen molar-refractivity contribution in [2.24, 2.45) is 35.5 Å². The first-order valence-electron chi connectivity index (χ1n) is 45.0. The van der Waals surface area contributed by atoms with E-state index in [0.717, 1.165) is 198 Å². The Morgan fingerprint density at radius 3 is 0.906 bits per heavy atom. The van der Waals surface area contributed by atoms with Crippen LogP contribution in [0.15, 0.2) is 140 Å². The van der Waals surface area contributed by atoms with E-state index in [4.69, 9.17) is 54.5 Å². The third-order valence-electron chi connectivity index (χ3n) is 25.3. The fraction of sp³-hybridized carbons (Fsp3) is 0.571. The number of rotatable bonds is 20. The van der Waals surface area contributed by atoms with Crippen molar-refractivity contribution in [1.82, 2.24) is 35.2 Å². The van der Waals surface area contributed by atoms with Crippen LogP contribution >= 0.6 is 47.2 Å². The molecule has 15 nitrogen and oxygen atoms in total. The van der Waals surface area contributed by atoms with Gasteiger partial charge in [-0.15, -0.1) is 12.4 Å². The third-order valence-corrected chi connectivity index (χ3v) is 26.2. The maximum absolute atomic E-state index is 9.32. The second-order valence-electron chi connectivity index (χ2n) is 34.4. The Bertz CT molecular complexity index is 3860.